The Morgan fingerprint density at radius 2 is 2.38 bits per heavy atom. The maximum Gasteiger partial charge on any atom is 0.206 e. The highest BCUT2D eigenvalue weighted by Gasteiger charge is 2.00. The molecule has 0 amide bonds. The fourth-order valence-corrected chi connectivity index (χ4v) is 1.91. The van der Waals surface area contributed by atoms with E-state index < -0.39 is 0 Å². The minimum atomic E-state index is 0.570. The average molecular weight is 241 g/mol. The zero-order valence-electron chi connectivity index (χ0n) is 9.79. The van der Waals surface area contributed by atoms with Crippen LogP contribution in [0.1, 0.15) is 30.2 Å². The second-order valence-corrected chi connectivity index (χ2v) is 4.51. The maximum atomic E-state index is 5.35. The van der Waals surface area contributed by atoms with Gasteiger partial charge in [-0.3, -0.25) is 5.43 Å². The quantitative estimate of drug-likeness (QED) is 0.311. The van der Waals surface area contributed by atoms with Gasteiger partial charge in [-0.15, -0.1) is 11.3 Å². The fraction of sp³-hybridized carbons (Fsp3) is 0.600. The van der Waals surface area contributed by atoms with Crippen LogP contribution in [0.2, 0.25) is 0 Å². The summed E-state index contributed by atoms with van der Waals surface area (Å²) in [5, 5.41) is 4.12. The molecule has 1 aromatic rings. The van der Waals surface area contributed by atoms with Gasteiger partial charge in [-0.2, -0.15) is 0 Å². The smallest absolute Gasteiger partial charge is 0.206 e. The van der Waals surface area contributed by atoms with Crippen molar-refractivity contribution in [1.82, 2.24) is 15.7 Å². The number of guanidine groups is 1. The predicted molar refractivity (Wildman–Crippen MR) is 68.2 cm³/mol. The van der Waals surface area contributed by atoms with Gasteiger partial charge in [0.15, 0.2) is 0 Å². The fourth-order valence-electron chi connectivity index (χ4n) is 1.13. The van der Waals surface area contributed by atoms with Crippen LogP contribution in [0.15, 0.2) is 11.2 Å². The van der Waals surface area contributed by atoms with E-state index in [9.17, 15) is 0 Å². The van der Waals surface area contributed by atoms with Crippen LogP contribution in [0.5, 0.6) is 0 Å². The van der Waals surface area contributed by atoms with E-state index >= 15 is 0 Å². The minimum absolute atomic E-state index is 0.570. The standard InChI is InChI=1S/C10H19N5S/c1-3-5-12-10(15-11)14-7-9-13-6-8(4-2)16-9/h6H,3-5,7,11H2,1-2H3,(H2,12,14,15). The number of thiazole rings is 1. The Hall–Kier alpha value is -1.14. The molecule has 1 rings (SSSR count). The molecule has 16 heavy (non-hydrogen) atoms. The van der Waals surface area contributed by atoms with E-state index in [1.54, 1.807) is 11.3 Å². The largest absolute Gasteiger partial charge is 0.355 e. The highest BCUT2D eigenvalue weighted by molar-refractivity contribution is 7.11. The molecule has 0 aliphatic rings. The lowest BCUT2D eigenvalue weighted by Crippen LogP contribution is -2.41. The zero-order valence-corrected chi connectivity index (χ0v) is 10.6. The molecule has 0 saturated carbocycles. The molecule has 0 aliphatic heterocycles. The third-order valence-electron chi connectivity index (χ3n) is 2.00. The number of hydrazine groups is 1. The van der Waals surface area contributed by atoms with E-state index in [0.717, 1.165) is 24.4 Å². The molecule has 0 aliphatic carbocycles. The zero-order chi connectivity index (χ0) is 11.8. The van der Waals surface area contributed by atoms with Crippen molar-refractivity contribution < 1.29 is 0 Å². The predicted octanol–water partition coefficient (Wildman–Crippen LogP) is 1.02. The van der Waals surface area contributed by atoms with E-state index in [-0.39, 0.29) is 0 Å². The molecule has 1 aromatic heterocycles. The Balaban J connectivity index is 2.48. The first-order valence-corrected chi connectivity index (χ1v) is 6.30. The third kappa shape index (κ3) is 4.16. The first-order chi connectivity index (χ1) is 7.80. The lowest BCUT2D eigenvalue weighted by molar-refractivity contribution is 0.790. The molecular weight excluding hydrogens is 222 g/mol. The number of nitrogens with two attached hydrogens (primary N) is 1. The SMILES string of the molecule is CCCNC(=NCc1ncc(CC)s1)NN. The average Bonchev–Trinajstić information content (AvgIpc) is 2.77. The van der Waals surface area contributed by atoms with Gasteiger partial charge in [-0.1, -0.05) is 13.8 Å². The Morgan fingerprint density at radius 1 is 1.56 bits per heavy atom. The van der Waals surface area contributed by atoms with Crippen LogP contribution in [0.4, 0.5) is 0 Å². The number of aliphatic imine (C=N–C) groups is 1. The lowest BCUT2D eigenvalue weighted by atomic mass is 10.4. The van der Waals surface area contributed by atoms with Gasteiger partial charge in [0.25, 0.3) is 0 Å². The Kier molecular flexibility index (Phi) is 5.81. The van der Waals surface area contributed by atoms with Crippen molar-refractivity contribution in [3.63, 3.8) is 0 Å². The molecule has 0 saturated heterocycles. The molecule has 0 atom stereocenters. The summed E-state index contributed by atoms with van der Waals surface area (Å²) in [5.74, 6) is 5.97. The van der Waals surface area contributed by atoms with Gasteiger partial charge in [-0.05, 0) is 12.8 Å². The van der Waals surface area contributed by atoms with Crippen molar-refractivity contribution in [2.24, 2.45) is 10.8 Å². The molecule has 6 heteroatoms. The highest BCUT2D eigenvalue weighted by atomic mass is 32.1. The number of nitrogens with zero attached hydrogens (tertiary/aromatic N) is 2. The van der Waals surface area contributed by atoms with E-state index in [0.29, 0.717) is 12.5 Å². The van der Waals surface area contributed by atoms with Crippen molar-refractivity contribution in [2.45, 2.75) is 33.2 Å². The Morgan fingerprint density at radius 3 is 2.94 bits per heavy atom. The maximum absolute atomic E-state index is 5.35. The Bertz CT molecular complexity index is 334. The van der Waals surface area contributed by atoms with Crippen molar-refractivity contribution >= 4 is 17.3 Å². The van der Waals surface area contributed by atoms with Crippen molar-refractivity contribution in [1.29, 1.82) is 0 Å². The molecular formula is C10H19N5S. The number of hydrogen-bond donors (Lipinski definition) is 3. The summed E-state index contributed by atoms with van der Waals surface area (Å²) in [6.45, 7) is 5.65. The number of hydrogen-bond acceptors (Lipinski definition) is 4. The van der Waals surface area contributed by atoms with Crippen LogP contribution in [-0.2, 0) is 13.0 Å². The van der Waals surface area contributed by atoms with Gasteiger partial charge in [0, 0.05) is 17.6 Å². The summed E-state index contributed by atoms with van der Waals surface area (Å²) >= 11 is 1.69. The van der Waals surface area contributed by atoms with Crippen LogP contribution < -0.4 is 16.6 Å². The molecule has 0 bridgehead atoms. The molecule has 0 fully saturated rings. The number of aromatic nitrogens is 1. The summed E-state index contributed by atoms with van der Waals surface area (Å²) in [7, 11) is 0. The van der Waals surface area contributed by atoms with Crippen molar-refractivity contribution in [2.75, 3.05) is 6.54 Å². The van der Waals surface area contributed by atoms with Crippen LogP contribution >= 0.6 is 11.3 Å². The van der Waals surface area contributed by atoms with Gasteiger partial charge in [0.05, 0.1) is 6.54 Å². The molecule has 4 N–H and O–H groups in total. The van der Waals surface area contributed by atoms with Crippen molar-refractivity contribution in [3.8, 4) is 0 Å². The number of rotatable bonds is 5. The molecule has 0 radical (unpaired) electrons. The van der Waals surface area contributed by atoms with Crippen molar-refractivity contribution in [3.05, 3.63) is 16.1 Å². The summed E-state index contributed by atoms with van der Waals surface area (Å²) in [4.78, 5) is 9.89. The molecule has 90 valence electrons. The first kappa shape index (κ1) is 12.9. The second-order valence-electron chi connectivity index (χ2n) is 3.31. The number of aryl methyl sites for hydroxylation is 1. The normalized spacial score (nSPS) is 11.6. The van der Waals surface area contributed by atoms with E-state index in [2.05, 4.69) is 34.6 Å². The third-order valence-corrected chi connectivity index (χ3v) is 3.13. The van der Waals surface area contributed by atoms with E-state index in [1.165, 1.54) is 4.88 Å². The van der Waals surface area contributed by atoms with Gasteiger partial charge >= 0.3 is 0 Å². The van der Waals surface area contributed by atoms with E-state index in [4.69, 9.17) is 5.84 Å². The van der Waals surface area contributed by atoms with Gasteiger partial charge in [0.2, 0.25) is 5.96 Å². The lowest BCUT2D eigenvalue weighted by Gasteiger charge is -2.06. The topological polar surface area (TPSA) is 75.3 Å². The molecule has 0 spiro atoms. The number of nitrogens with one attached hydrogen (secondary N) is 2. The molecule has 1 heterocycles. The molecule has 0 aromatic carbocycles. The van der Waals surface area contributed by atoms with Gasteiger partial charge in [0.1, 0.15) is 5.01 Å². The summed E-state index contributed by atoms with van der Waals surface area (Å²) in [6.07, 6.45) is 3.97. The second kappa shape index (κ2) is 7.19. The Labute approximate surface area is 100 Å². The van der Waals surface area contributed by atoms with Crippen LogP contribution in [0, 0.1) is 0 Å². The van der Waals surface area contributed by atoms with Gasteiger partial charge < -0.3 is 5.32 Å². The summed E-state index contributed by atoms with van der Waals surface area (Å²) in [6, 6.07) is 0. The minimum Gasteiger partial charge on any atom is -0.355 e. The highest BCUT2D eigenvalue weighted by Crippen LogP contribution is 2.13. The van der Waals surface area contributed by atoms with Crippen LogP contribution in [-0.4, -0.2) is 17.5 Å². The summed E-state index contributed by atoms with van der Waals surface area (Å²) < 4.78 is 0. The van der Waals surface area contributed by atoms with Crippen LogP contribution in [0.3, 0.4) is 0 Å². The van der Waals surface area contributed by atoms with Crippen LogP contribution in [0.25, 0.3) is 0 Å². The summed E-state index contributed by atoms with van der Waals surface area (Å²) in [5.41, 5.74) is 2.54. The van der Waals surface area contributed by atoms with E-state index in [1.807, 2.05) is 6.20 Å². The first-order valence-electron chi connectivity index (χ1n) is 5.48. The van der Waals surface area contributed by atoms with Gasteiger partial charge in [-0.25, -0.2) is 15.8 Å². The molecule has 0 unspecified atom stereocenters. The monoisotopic (exact) mass is 241 g/mol. The molecule has 5 nitrogen and oxygen atoms in total.